The highest BCUT2D eigenvalue weighted by atomic mass is 35.5. The summed E-state index contributed by atoms with van der Waals surface area (Å²) in [6.45, 7) is 6.02. The van der Waals surface area contributed by atoms with Crippen molar-refractivity contribution >= 4 is 44.6 Å². The molecule has 3 heterocycles. The van der Waals surface area contributed by atoms with Crippen LogP contribution in [-0.4, -0.2) is 62.8 Å². The van der Waals surface area contributed by atoms with Crippen molar-refractivity contribution in [2.75, 3.05) is 44.2 Å². The minimum Gasteiger partial charge on any atom is -0.368 e. The summed E-state index contributed by atoms with van der Waals surface area (Å²) in [6, 6.07) is 13.5. The highest BCUT2D eigenvalue weighted by Crippen LogP contribution is 2.33. The van der Waals surface area contributed by atoms with Crippen molar-refractivity contribution in [1.82, 2.24) is 9.21 Å². The highest BCUT2D eigenvalue weighted by molar-refractivity contribution is 7.91. The van der Waals surface area contributed by atoms with E-state index in [1.54, 1.807) is 12.1 Å². The average Bonchev–Trinajstić information content (AvgIpc) is 3.26. The molecule has 1 amide bonds. The summed E-state index contributed by atoms with van der Waals surface area (Å²) in [7, 11) is -3.50. The van der Waals surface area contributed by atoms with Crippen LogP contribution in [0.1, 0.15) is 19.8 Å². The number of carbonyl (C=O) groups is 1. The molecule has 1 aromatic carbocycles. The zero-order valence-electron chi connectivity index (χ0n) is 17.6. The molecule has 31 heavy (non-hydrogen) atoms. The first-order valence-corrected chi connectivity index (χ1v) is 13.3. The smallest absolute Gasteiger partial charge is 0.252 e. The third-order valence-electron chi connectivity index (χ3n) is 6.45. The van der Waals surface area contributed by atoms with Crippen molar-refractivity contribution in [1.29, 1.82) is 0 Å². The predicted molar refractivity (Wildman–Crippen MR) is 125 cm³/mol. The molecule has 0 bridgehead atoms. The van der Waals surface area contributed by atoms with Crippen LogP contribution in [0, 0.1) is 11.8 Å². The number of hydrogen-bond acceptors (Lipinski definition) is 5. The Hall–Kier alpha value is -1.61. The Morgan fingerprint density at radius 1 is 1.00 bits per heavy atom. The van der Waals surface area contributed by atoms with Crippen LogP contribution in [0.15, 0.2) is 46.7 Å². The van der Waals surface area contributed by atoms with E-state index < -0.39 is 10.0 Å². The van der Waals surface area contributed by atoms with E-state index in [2.05, 4.69) is 17.0 Å². The fourth-order valence-electron chi connectivity index (χ4n) is 4.49. The van der Waals surface area contributed by atoms with E-state index >= 15 is 0 Å². The molecule has 168 valence electrons. The molecule has 9 heteroatoms. The van der Waals surface area contributed by atoms with Gasteiger partial charge in [0, 0.05) is 50.9 Å². The SMILES string of the molecule is C[C@@H](C(=O)N1CCN(c2ccccc2)CC1)C1CCN(S(=O)(=O)c2ccc(Cl)s2)CC1. The first kappa shape index (κ1) is 22.6. The Kier molecular flexibility index (Phi) is 6.91. The third kappa shape index (κ3) is 4.92. The van der Waals surface area contributed by atoms with Crippen LogP contribution in [0.4, 0.5) is 5.69 Å². The lowest BCUT2D eigenvalue weighted by atomic mass is 9.85. The van der Waals surface area contributed by atoms with Gasteiger partial charge in [-0.05, 0) is 43.0 Å². The van der Waals surface area contributed by atoms with Gasteiger partial charge >= 0.3 is 0 Å². The van der Waals surface area contributed by atoms with Crippen LogP contribution in [0.25, 0.3) is 0 Å². The Bertz CT molecular complexity index is 996. The molecule has 2 aliphatic rings. The first-order chi connectivity index (χ1) is 14.9. The molecule has 1 aromatic heterocycles. The summed E-state index contributed by atoms with van der Waals surface area (Å²) in [6.07, 6.45) is 1.41. The molecule has 0 spiro atoms. The van der Waals surface area contributed by atoms with E-state index in [0.29, 0.717) is 30.3 Å². The summed E-state index contributed by atoms with van der Waals surface area (Å²) in [5.41, 5.74) is 1.20. The van der Waals surface area contributed by atoms with Gasteiger partial charge in [0.15, 0.2) is 0 Å². The van der Waals surface area contributed by atoms with E-state index in [1.807, 2.05) is 30.0 Å². The second-order valence-electron chi connectivity index (χ2n) is 8.24. The van der Waals surface area contributed by atoms with Crippen molar-refractivity contribution in [2.24, 2.45) is 11.8 Å². The molecule has 2 saturated heterocycles. The number of piperidine rings is 1. The van der Waals surface area contributed by atoms with Gasteiger partial charge in [0.25, 0.3) is 10.0 Å². The quantitative estimate of drug-likeness (QED) is 0.652. The minimum atomic E-state index is -3.50. The molecule has 1 atom stereocenters. The number of hydrogen-bond donors (Lipinski definition) is 0. The predicted octanol–water partition coefficient (Wildman–Crippen LogP) is 3.79. The zero-order chi connectivity index (χ0) is 22.0. The van der Waals surface area contributed by atoms with Crippen LogP contribution < -0.4 is 4.90 Å². The van der Waals surface area contributed by atoms with Crippen molar-refractivity contribution in [3.8, 4) is 0 Å². The number of para-hydroxylation sites is 1. The van der Waals surface area contributed by atoms with E-state index in [9.17, 15) is 13.2 Å². The van der Waals surface area contributed by atoms with Gasteiger partial charge in [-0.3, -0.25) is 4.79 Å². The monoisotopic (exact) mass is 481 g/mol. The number of benzene rings is 1. The van der Waals surface area contributed by atoms with Crippen molar-refractivity contribution in [3.63, 3.8) is 0 Å². The molecular weight excluding hydrogens is 454 g/mol. The topological polar surface area (TPSA) is 60.9 Å². The molecule has 2 fully saturated rings. The fourth-order valence-corrected chi connectivity index (χ4v) is 7.60. The zero-order valence-corrected chi connectivity index (χ0v) is 20.0. The number of piperazine rings is 1. The number of carbonyl (C=O) groups excluding carboxylic acids is 1. The number of nitrogens with zero attached hydrogens (tertiary/aromatic N) is 3. The average molecular weight is 482 g/mol. The van der Waals surface area contributed by atoms with Gasteiger partial charge < -0.3 is 9.80 Å². The normalized spacial score (nSPS) is 20.1. The fraction of sp³-hybridized carbons (Fsp3) is 0.500. The Balaban J connectivity index is 1.30. The lowest BCUT2D eigenvalue weighted by molar-refractivity contribution is -0.137. The summed E-state index contributed by atoms with van der Waals surface area (Å²) in [5, 5.41) is 0. The Morgan fingerprint density at radius 3 is 2.23 bits per heavy atom. The molecule has 0 saturated carbocycles. The maximum absolute atomic E-state index is 13.1. The number of anilines is 1. The van der Waals surface area contributed by atoms with Gasteiger partial charge in [0.05, 0.1) is 4.34 Å². The second kappa shape index (κ2) is 9.48. The summed E-state index contributed by atoms with van der Waals surface area (Å²) >= 11 is 7.00. The lowest BCUT2D eigenvalue weighted by Gasteiger charge is -2.39. The highest BCUT2D eigenvalue weighted by Gasteiger charge is 2.36. The molecule has 4 rings (SSSR count). The minimum absolute atomic E-state index is 0.0932. The Morgan fingerprint density at radius 2 is 1.65 bits per heavy atom. The molecule has 2 aromatic rings. The van der Waals surface area contributed by atoms with Gasteiger partial charge in [-0.2, -0.15) is 4.31 Å². The summed E-state index contributed by atoms with van der Waals surface area (Å²) < 4.78 is 27.9. The van der Waals surface area contributed by atoms with Gasteiger partial charge in [0.2, 0.25) is 5.91 Å². The van der Waals surface area contributed by atoms with Gasteiger partial charge in [-0.25, -0.2) is 8.42 Å². The second-order valence-corrected chi connectivity index (χ2v) is 12.1. The van der Waals surface area contributed by atoms with Crippen LogP contribution in [-0.2, 0) is 14.8 Å². The maximum atomic E-state index is 13.1. The largest absolute Gasteiger partial charge is 0.368 e. The molecule has 2 aliphatic heterocycles. The molecular formula is C22H28ClN3O3S2. The van der Waals surface area contributed by atoms with Crippen molar-refractivity contribution in [3.05, 3.63) is 46.8 Å². The van der Waals surface area contributed by atoms with Gasteiger partial charge in [0.1, 0.15) is 4.21 Å². The number of sulfonamides is 1. The molecule has 0 aliphatic carbocycles. The van der Waals surface area contributed by atoms with Crippen LogP contribution in [0.3, 0.4) is 0 Å². The summed E-state index contributed by atoms with van der Waals surface area (Å²) in [5.74, 6) is 0.307. The number of halogens is 1. The van der Waals surface area contributed by atoms with E-state index in [1.165, 1.54) is 9.99 Å². The Labute approximate surface area is 193 Å². The van der Waals surface area contributed by atoms with E-state index in [4.69, 9.17) is 11.6 Å². The van der Waals surface area contributed by atoms with Crippen LogP contribution >= 0.6 is 22.9 Å². The summed E-state index contributed by atoms with van der Waals surface area (Å²) in [4.78, 5) is 17.4. The molecule has 0 N–H and O–H groups in total. The number of amides is 1. The van der Waals surface area contributed by atoms with Crippen molar-refractivity contribution in [2.45, 2.75) is 24.0 Å². The number of thiophene rings is 1. The van der Waals surface area contributed by atoms with Gasteiger partial charge in [-0.15, -0.1) is 11.3 Å². The maximum Gasteiger partial charge on any atom is 0.252 e. The third-order valence-corrected chi connectivity index (χ3v) is 10.0. The molecule has 6 nitrogen and oxygen atoms in total. The lowest BCUT2D eigenvalue weighted by Crippen LogP contribution is -2.51. The molecule has 0 unspecified atom stereocenters. The first-order valence-electron chi connectivity index (χ1n) is 10.7. The van der Waals surface area contributed by atoms with E-state index in [0.717, 1.165) is 37.5 Å². The van der Waals surface area contributed by atoms with E-state index in [-0.39, 0.29) is 22.0 Å². The molecule has 0 radical (unpaired) electrons. The van der Waals surface area contributed by atoms with Gasteiger partial charge in [-0.1, -0.05) is 36.7 Å². The van der Waals surface area contributed by atoms with Crippen LogP contribution in [0.2, 0.25) is 4.34 Å². The van der Waals surface area contributed by atoms with Crippen molar-refractivity contribution < 1.29 is 13.2 Å². The van der Waals surface area contributed by atoms with Crippen LogP contribution in [0.5, 0.6) is 0 Å². The number of rotatable bonds is 5. The standard InChI is InChI=1S/C22H28ClN3O3S2/c1-17(22(27)25-15-13-24(14-16-25)19-5-3-2-4-6-19)18-9-11-26(12-10-18)31(28,29)21-8-7-20(23)30-21/h2-8,17-18H,9-16H2,1H3/t17-/m1/s1.